The Morgan fingerprint density at radius 2 is 1.73 bits per heavy atom. The summed E-state index contributed by atoms with van der Waals surface area (Å²) in [4.78, 5) is 14.7. The third-order valence-corrected chi connectivity index (χ3v) is 7.00. The van der Waals surface area contributed by atoms with Gasteiger partial charge < -0.3 is 15.0 Å². The molecule has 0 aromatic heterocycles. The molecule has 162 valence electrons. The first kappa shape index (κ1) is 22.1. The Morgan fingerprint density at radius 3 is 2.33 bits per heavy atom. The molecule has 0 spiro atoms. The maximum Gasteiger partial charge on any atom is 0.255 e. The summed E-state index contributed by atoms with van der Waals surface area (Å²) >= 11 is 0. The molecule has 2 aromatic rings. The van der Waals surface area contributed by atoms with Gasteiger partial charge in [0.2, 0.25) is 10.0 Å². The van der Waals surface area contributed by atoms with Crippen LogP contribution in [0.25, 0.3) is 0 Å². The van der Waals surface area contributed by atoms with Crippen LogP contribution < -0.4 is 15.0 Å². The van der Waals surface area contributed by atoms with Crippen molar-refractivity contribution in [2.45, 2.75) is 31.1 Å². The smallest absolute Gasteiger partial charge is 0.255 e. The normalized spacial score (nSPS) is 14.9. The number of rotatable bonds is 7. The highest BCUT2D eigenvalue weighted by Crippen LogP contribution is 2.31. The fourth-order valence-corrected chi connectivity index (χ4v) is 5.09. The number of nitrogens with zero attached hydrogens (tertiary/aromatic N) is 2. The van der Waals surface area contributed by atoms with Gasteiger partial charge in [0.05, 0.1) is 6.61 Å². The Bertz CT molecular complexity index is 982. The fourth-order valence-electron chi connectivity index (χ4n) is 3.42. The zero-order valence-electron chi connectivity index (χ0n) is 17.7. The maximum absolute atomic E-state index is 13.2. The predicted molar refractivity (Wildman–Crippen MR) is 119 cm³/mol. The number of carbonyl (C=O) groups is 1. The molecule has 7 nitrogen and oxygen atoms in total. The zero-order chi connectivity index (χ0) is 21.7. The molecular formula is C22H29N3O4S. The molecule has 1 amide bonds. The molecule has 30 heavy (non-hydrogen) atoms. The first-order valence-electron chi connectivity index (χ1n) is 10.2. The van der Waals surface area contributed by atoms with Crippen molar-refractivity contribution in [3.05, 3.63) is 48.0 Å². The van der Waals surface area contributed by atoms with E-state index in [1.807, 2.05) is 38.1 Å². The second-order valence-electron chi connectivity index (χ2n) is 7.45. The van der Waals surface area contributed by atoms with Crippen LogP contribution in [0, 0.1) is 0 Å². The maximum atomic E-state index is 13.2. The van der Waals surface area contributed by atoms with Gasteiger partial charge in [0.1, 0.15) is 10.6 Å². The van der Waals surface area contributed by atoms with Crippen molar-refractivity contribution in [3.63, 3.8) is 0 Å². The molecule has 0 bridgehead atoms. The molecule has 1 heterocycles. The van der Waals surface area contributed by atoms with E-state index in [9.17, 15) is 13.2 Å². The Hall–Kier alpha value is -2.58. The van der Waals surface area contributed by atoms with Gasteiger partial charge in [-0.3, -0.25) is 4.79 Å². The molecule has 1 fully saturated rings. The monoisotopic (exact) mass is 431 g/mol. The van der Waals surface area contributed by atoms with Gasteiger partial charge in [0.25, 0.3) is 5.91 Å². The van der Waals surface area contributed by atoms with E-state index >= 15 is 0 Å². The quantitative estimate of drug-likeness (QED) is 0.725. The highest BCUT2D eigenvalue weighted by Gasteiger charge is 2.29. The van der Waals surface area contributed by atoms with Crippen LogP contribution in [0.1, 0.15) is 36.5 Å². The molecule has 0 atom stereocenters. The lowest BCUT2D eigenvalue weighted by molar-refractivity contribution is 0.102. The Morgan fingerprint density at radius 1 is 1.07 bits per heavy atom. The minimum absolute atomic E-state index is 0.0898. The fraction of sp³-hybridized carbons (Fsp3) is 0.409. The summed E-state index contributed by atoms with van der Waals surface area (Å²) < 4.78 is 33.5. The van der Waals surface area contributed by atoms with Gasteiger partial charge in [0, 0.05) is 44.1 Å². The standard InChI is InChI=1S/C22H29N3O4S/c1-4-29-20-13-10-18(16-21(20)30(27,28)25-14-6-5-7-15-25)23-22(26)17-8-11-19(12-9-17)24(2)3/h8-13,16H,4-7,14-15H2,1-3H3,(H,23,26). The van der Waals surface area contributed by atoms with Gasteiger partial charge in [-0.2, -0.15) is 4.31 Å². The number of hydrogen-bond donors (Lipinski definition) is 1. The van der Waals surface area contributed by atoms with Crippen molar-refractivity contribution in [1.29, 1.82) is 0 Å². The van der Waals surface area contributed by atoms with Crippen LogP contribution in [-0.4, -0.2) is 52.4 Å². The number of amides is 1. The number of ether oxygens (including phenoxy) is 1. The van der Waals surface area contributed by atoms with Gasteiger partial charge in [-0.05, 0) is 62.2 Å². The molecule has 0 unspecified atom stereocenters. The van der Waals surface area contributed by atoms with Crippen molar-refractivity contribution in [1.82, 2.24) is 4.31 Å². The van der Waals surface area contributed by atoms with Crippen LogP contribution in [-0.2, 0) is 10.0 Å². The van der Waals surface area contributed by atoms with Crippen LogP contribution in [0.2, 0.25) is 0 Å². The highest BCUT2D eigenvalue weighted by atomic mass is 32.2. The molecular weight excluding hydrogens is 402 g/mol. The predicted octanol–water partition coefficient (Wildman–Crippen LogP) is 3.58. The average Bonchev–Trinajstić information content (AvgIpc) is 2.75. The number of benzene rings is 2. The molecule has 1 aliphatic heterocycles. The summed E-state index contributed by atoms with van der Waals surface area (Å²) in [5, 5.41) is 2.80. The number of carbonyl (C=O) groups excluding carboxylic acids is 1. The summed E-state index contributed by atoms with van der Waals surface area (Å²) in [5.74, 6) is 0.00203. The van der Waals surface area contributed by atoms with Gasteiger partial charge in [-0.25, -0.2) is 8.42 Å². The van der Waals surface area contributed by atoms with Gasteiger partial charge in [-0.15, -0.1) is 0 Å². The molecule has 1 saturated heterocycles. The van der Waals surface area contributed by atoms with E-state index in [0.717, 1.165) is 24.9 Å². The second kappa shape index (κ2) is 9.49. The number of piperidine rings is 1. The molecule has 0 saturated carbocycles. The largest absolute Gasteiger partial charge is 0.492 e. The van der Waals surface area contributed by atoms with E-state index in [1.54, 1.807) is 24.3 Å². The van der Waals surface area contributed by atoms with E-state index < -0.39 is 10.0 Å². The number of anilines is 2. The van der Waals surface area contributed by atoms with Crippen molar-refractivity contribution in [2.24, 2.45) is 0 Å². The molecule has 3 rings (SSSR count). The Balaban J connectivity index is 1.87. The summed E-state index contributed by atoms with van der Waals surface area (Å²) in [6, 6.07) is 12.0. The molecule has 0 radical (unpaired) electrons. The molecule has 8 heteroatoms. The second-order valence-corrected chi connectivity index (χ2v) is 9.36. The lowest BCUT2D eigenvalue weighted by Gasteiger charge is -2.27. The highest BCUT2D eigenvalue weighted by molar-refractivity contribution is 7.89. The Kier molecular flexibility index (Phi) is 6.99. The molecule has 1 aliphatic rings. The van der Waals surface area contributed by atoms with Crippen molar-refractivity contribution < 1.29 is 17.9 Å². The number of hydrogen-bond acceptors (Lipinski definition) is 5. The minimum Gasteiger partial charge on any atom is -0.492 e. The number of sulfonamides is 1. The summed E-state index contributed by atoms with van der Waals surface area (Å²) in [6.07, 6.45) is 2.73. The van der Waals surface area contributed by atoms with Gasteiger partial charge >= 0.3 is 0 Å². The Labute approximate surface area is 178 Å². The first-order valence-corrected chi connectivity index (χ1v) is 11.6. The van der Waals surface area contributed by atoms with Gasteiger partial charge in [-0.1, -0.05) is 6.42 Å². The summed E-state index contributed by atoms with van der Waals surface area (Å²) in [7, 11) is 0.158. The van der Waals surface area contributed by atoms with Crippen LogP contribution in [0.15, 0.2) is 47.4 Å². The van der Waals surface area contributed by atoms with Crippen molar-refractivity contribution in [3.8, 4) is 5.75 Å². The number of nitrogens with one attached hydrogen (secondary N) is 1. The van der Waals surface area contributed by atoms with Crippen LogP contribution >= 0.6 is 0 Å². The lowest BCUT2D eigenvalue weighted by atomic mass is 10.2. The molecule has 1 N–H and O–H groups in total. The van der Waals surface area contributed by atoms with E-state index in [0.29, 0.717) is 36.7 Å². The van der Waals surface area contributed by atoms with Crippen LogP contribution in [0.5, 0.6) is 5.75 Å². The average molecular weight is 432 g/mol. The third kappa shape index (κ3) is 4.94. The zero-order valence-corrected chi connectivity index (χ0v) is 18.5. The van der Waals surface area contributed by atoms with Crippen LogP contribution in [0.4, 0.5) is 11.4 Å². The molecule has 0 aliphatic carbocycles. The van der Waals surface area contributed by atoms with E-state index in [-0.39, 0.29) is 10.8 Å². The first-order chi connectivity index (χ1) is 14.3. The van der Waals surface area contributed by atoms with Crippen LogP contribution in [0.3, 0.4) is 0 Å². The summed E-state index contributed by atoms with van der Waals surface area (Å²) in [5.41, 5.74) is 1.90. The minimum atomic E-state index is -3.70. The molecule has 2 aromatic carbocycles. The topological polar surface area (TPSA) is 79.0 Å². The SMILES string of the molecule is CCOc1ccc(NC(=O)c2ccc(N(C)C)cc2)cc1S(=O)(=O)N1CCCCC1. The van der Waals surface area contributed by atoms with Crippen molar-refractivity contribution in [2.75, 3.05) is 44.0 Å². The van der Waals surface area contributed by atoms with Gasteiger partial charge in [0.15, 0.2) is 0 Å². The van der Waals surface area contributed by atoms with Crippen molar-refractivity contribution >= 4 is 27.3 Å². The van der Waals surface area contributed by atoms with E-state index in [2.05, 4.69) is 5.32 Å². The third-order valence-electron chi connectivity index (χ3n) is 5.08. The van der Waals surface area contributed by atoms with E-state index in [4.69, 9.17) is 4.74 Å². The summed E-state index contributed by atoms with van der Waals surface area (Å²) in [6.45, 7) is 3.17. The van der Waals surface area contributed by atoms with E-state index in [1.165, 1.54) is 10.4 Å². The lowest BCUT2D eigenvalue weighted by Crippen LogP contribution is -2.35.